The number of aromatic nitrogens is 3. The van der Waals surface area contributed by atoms with Crippen molar-refractivity contribution in [3.05, 3.63) is 52.8 Å². The molecule has 3 aromatic rings. The molecule has 6 nitrogen and oxygen atoms in total. The van der Waals surface area contributed by atoms with Gasteiger partial charge in [0.25, 0.3) is 0 Å². The zero-order valence-electron chi connectivity index (χ0n) is 17.4. The molecule has 0 atom stereocenters. The molecule has 0 bridgehead atoms. The van der Waals surface area contributed by atoms with Crippen LogP contribution in [0.4, 0.5) is 0 Å². The smallest absolute Gasteiger partial charge is 0.227 e. The van der Waals surface area contributed by atoms with Crippen LogP contribution in [0.25, 0.3) is 11.4 Å². The van der Waals surface area contributed by atoms with E-state index in [-0.39, 0.29) is 6.61 Å². The molecule has 3 heterocycles. The summed E-state index contributed by atoms with van der Waals surface area (Å²) in [4.78, 5) is 14.0. The molecule has 0 fully saturated rings. The van der Waals surface area contributed by atoms with Gasteiger partial charge in [0.2, 0.25) is 5.88 Å². The monoisotopic (exact) mass is 423 g/mol. The van der Waals surface area contributed by atoms with E-state index in [9.17, 15) is 5.11 Å². The number of hydrogen-bond acceptors (Lipinski definition) is 7. The summed E-state index contributed by atoms with van der Waals surface area (Å²) >= 11 is 1.73. The van der Waals surface area contributed by atoms with E-state index in [0.29, 0.717) is 23.9 Å². The summed E-state index contributed by atoms with van der Waals surface area (Å²) in [6.07, 6.45) is 4.59. The van der Waals surface area contributed by atoms with Gasteiger partial charge in [0, 0.05) is 29.3 Å². The lowest BCUT2D eigenvalue weighted by atomic mass is 9.99. The third-order valence-corrected chi connectivity index (χ3v) is 6.25. The van der Waals surface area contributed by atoms with Gasteiger partial charge in [0.05, 0.1) is 25.0 Å². The molecule has 0 saturated carbocycles. The number of rotatable bonds is 7. The Morgan fingerprint density at radius 1 is 1.17 bits per heavy atom. The van der Waals surface area contributed by atoms with Crippen molar-refractivity contribution in [1.82, 2.24) is 15.0 Å². The predicted octanol–water partition coefficient (Wildman–Crippen LogP) is 4.94. The standard InChI is InChI=1S/C23H25N3O3S/c1-4-5-10-30-23-19-11-18-16(13-27)12-24-14(2)20(18)29-22(19)25-21(26-23)15-6-8-17(28-3)9-7-15/h6-9,12,27H,4-5,10-11,13H2,1-3H3. The van der Waals surface area contributed by atoms with E-state index in [1.807, 2.05) is 31.2 Å². The number of thioether (sulfide) groups is 1. The third-order valence-electron chi connectivity index (χ3n) is 5.14. The van der Waals surface area contributed by atoms with Crippen LogP contribution >= 0.6 is 11.8 Å². The molecule has 4 rings (SSSR count). The Morgan fingerprint density at radius 3 is 2.67 bits per heavy atom. The first kappa shape index (κ1) is 20.6. The van der Waals surface area contributed by atoms with Crippen LogP contribution in [0.5, 0.6) is 17.4 Å². The molecule has 0 aliphatic carbocycles. The fraction of sp³-hybridized carbons (Fsp3) is 0.348. The minimum Gasteiger partial charge on any atom is -0.497 e. The number of benzene rings is 1. The quantitative estimate of drug-likeness (QED) is 0.256. The Balaban J connectivity index is 1.79. The van der Waals surface area contributed by atoms with Crippen molar-refractivity contribution < 1.29 is 14.6 Å². The van der Waals surface area contributed by atoms with Gasteiger partial charge in [-0.05, 0) is 43.4 Å². The molecule has 30 heavy (non-hydrogen) atoms. The Labute approximate surface area is 180 Å². The van der Waals surface area contributed by atoms with E-state index in [1.165, 1.54) is 0 Å². The highest BCUT2D eigenvalue weighted by Gasteiger charge is 2.27. The second kappa shape index (κ2) is 9.02. The average molecular weight is 424 g/mol. The van der Waals surface area contributed by atoms with Crippen LogP contribution in [0.3, 0.4) is 0 Å². The Morgan fingerprint density at radius 2 is 1.97 bits per heavy atom. The van der Waals surface area contributed by atoms with E-state index in [4.69, 9.17) is 19.4 Å². The second-order valence-corrected chi connectivity index (χ2v) is 8.26. The van der Waals surface area contributed by atoms with Gasteiger partial charge in [-0.25, -0.2) is 4.98 Å². The fourth-order valence-electron chi connectivity index (χ4n) is 3.40. The zero-order valence-corrected chi connectivity index (χ0v) is 18.3. The first-order chi connectivity index (χ1) is 14.6. The van der Waals surface area contributed by atoms with Gasteiger partial charge >= 0.3 is 0 Å². The Kier molecular flexibility index (Phi) is 6.20. The topological polar surface area (TPSA) is 77.4 Å². The summed E-state index contributed by atoms with van der Waals surface area (Å²) in [6.45, 7) is 4.02. The van der Waals surface area contributed by atoms with Crippen molar-refractivity contribution in [2.75, 3.05) is 12.9 Å². The minimum atomic E-state index is -0.0720. The molecule has 0 spiro atoms. The first-order valence-corrected chi connectivity index (χ1v) is 11.1. The minimum absolute atomic E-state index is 0.0720. The molecule has 2 aromatic heterocycles. The maximum Gasteiger partial charge on any atom is 0.227 e. The van der Waals surface area contributed by atoms with Crippen molar-refractivity contribution in [3.63, 3.8) is 0 Å². The number of methoxy groups -OCH3 is 1. The SMILES string of the molecule is CCCCSc1nc(-c2ccc(OC)cc2)nc2c1Cc1c(CO)cnc(C)c1O2. The van der Waals surface area contributed by atoms with Crippen LogP contribution in [0.15, 0.2) is 35.5 Å². The van der Waals surface area contributed by atoms with Gasteiger partial charge in [0.1, 0.15) is 10.8 Å². The van der Waals surface area contributed by atoms with Crippen LogP contribution in [-0.4, -0.2) is 32.9 Å². The zero-order chi connectivity index (χ0) is 21.1. The Bertz CT molecular complexity index is 1050. The number of hydrogen-bond donors (Lipinski definition) is 1. The largest absolute Gasteiger partial charge is 0.497 e. The molecule has 1 aliphatic rings. The number of ether oxygens (including phenoxy) is 2. The second-order valence-electron chi connectivity index (χ2n) is 7.18. The highest BCUT2D eigenvalue weighted by molar-refractivity contribution is 7.99. The number of unbranched alkanes of at least 4 members (excludes halogenated alkanes) is 1. The molecule has 0 amide bonds. The molecule has 0 radical (unpaired) electrons. The van der Waals surface area contributed by atoms with Crippen LogP contribution in [-0.2, 0) is 13.0 Å². The van der Waals surface area contributed by atoms with Gasteiger partial charge in [-0.3, -0.25) is 4.98 Å². The number of pyridine rings is 1. The lowest BCUT2D eigenvalue weighted by Gasteiger charge is -2.24. The van der Waals surface area contributed by atoms with Gasteiger partial charge < -0.3 is 14.6 Å². The van der Waals surface area contributed by atoms with Crippen molar-refractivity contribution in [1.29, 1.82) is 0 Å². The first-order valence-electron chi connectivity index (χ1n) is 10.1. The summed E-state index contributed by atoms with van der Waals surface area (Å²) < 4.78 is 11.5. The lowest BCUT2D eigenvalue weighted by molar-refractivity contribution is 0.278. The number of aryl methyl sites for hydroxylation is 1. The van der Waals surface area contributed by atoms with Gasteiger partial charge in [-0.15, -0.1) is 11.8 Å². The van der Waals surface area contributed by atoms with Crippen LogP contribution in [0.2, 0.25) is 0 Å². The van der Waals surface area contributed by atoms with Crippen LogP contribution in [0, 0.1) is 6.92 Å². The highest BCUT2D eigenvalue weighted by atomic mass is 32.2. The van der Waals surface area contributed by atoms with E-state index >= 15 is 0 Å². The average Bonchev–Trinajstić information content (AvgIpc) is 2.78. The number of aliphatic hydroxyl groups is 1. The fourth-order valence-corrected chi connectivity index (χ4v) is 4.51. The summed E-state index contributed by atoms with van der Waals surface area (Å²) in [7, 11) is 1.65. The summed E-state index contributed by atoms with van der Waals surface area (Å²) in [5.74, 6) is 3.66. The van der Waals surface area contributed by atoms with Gasteiger partial charge in [-0.1, -0.05) is 13.3 Å². The number of fused-ring (bicyclic) bond motifs is 2. The number of aliphatic hydroxyl groups excluding tert-OH is 1. The van der Waals surface area contributed by atoms with Crippen molar-refractivity contribution >= 4 is 11.8 Å². The van der Waals surface area contributed by atoms with Gasteiger partial charge in [0.15, 0.2) is 11.6 Å². The molecule has 0 saturated heterocycles. The Hall–Kier alpha value is -2.64. The molecule has 1 aromatic carbocycles. The molecule has 156 valence electrons. The summed E-state index contributed by atoms with van der Waals surface area (Å²) in [5.41, 5.74) is 4.42. The van der Waals surface area contributed by atoms with Crippen molar-refractivity contribution in [3.8, 4) is 28.8 Å². The summed E-state index contributed by atoms with van der Waals surface area (Å²) in [5, 5.41) is 10.7. The highest BCUT2D eigenvalue weighted by Crippen LogP contribution is 2.42. The van der Waals surface area contributed by atoms with Crippen LogP contribution < -0.4 is 9.47 Å². The van der Waals surface area contributed by atoms with Crippen molar-refractivity contribution in [2.24, 2.45) is 0 Å². The van der Waals surface area contributed by atoms with E-state index in [1.54, 1.807) is 25.1 Å². The third kappa shape index (κ3) is 4.00. The van der Waals surface area contributed by atoms with Crippen molar-refractivity contribution in [2.45, 2.75) is 44.7 Å². The number of nitrogens with zero attached hydrogens (tertiary/aromatic N) is 3. The van der Waals surface area contributed by atoms with Gasteiger partial charge in [-0.2, -0.15) is 4.98 Å². The normalized spacial score (nSPS) is 12.1. The molecular formula is C23H25N3O3S. The molecule has 1 N–H and O–H groups in total. The van der Waals surface area contributed by atoms with E-state index < -0.39 is 0 Å². The summed E-state index contributed by atoms with van der Waals surface area (Å²) in [6, 6.07) is 7.71. The maximum absolute atomic E-state index is 9.77. The molecule has 0 unspecified atom stereocenters. The molecule has 1 aliphatic heterocycles. The maximum atomic E-state index is 9.77. The lowest BCUT2D eigenvalue weighted by Crippen LogP contribution is -2.13. The van der Waals surface area contributed by atoms with E-state index in [2.05, 4.69) is 11.9 Å². The molecular weight excluding hydrogens is 398 g/mol. The van der Waals surface area contributed by atoms with Crippen LogP contribution in [0.1, 0.15) is 42.1 Å². The molecule has 7 heteroatoms. The van der Waals surface area contributed by atoms with E-state index in [0.717, 1.165) is 57.3 Å². The predicted molar refractivity (Wildman–Crippen MR) is 117 cm³/mol.